The van der Waals surface area contributed by atoms with Crippen molar-refractivity contribution in [2.45, 2.75) is 24.3 Å². The summed E-state index contributed by atoms with van der Waals surface area (Å²) in [6, 6.07) is 0. The quantitative estimate of drug-likeness (QED) is 0.472. The van der Waals surface area contributed by atoms with Gasteiger partial charge in [0.25, 0.3) is 0 Å². The molecule has 86 valence electrons. The van der Waals surface area contributed by atoms with E-state index in [0.717, 1.165) is 12.8 Å². The molecule has 5 heteroatoms. The topological polar surface area (TPSA) is 75.3 Å². The summed E-state index contributed by atoms with van der Waals surface area (Å²) in [5, 5.41) is 11.9. The van der Waals surface area contributed by atoms with Crippen LogP contribution in [0, 0.1) is 5.92 Å². The minimum atomic E-state index is -0.665. The first-order chi connectivity index (χ1) is 7.13. The molecule has 0 aliphatic heterocycles. The van der Waals surface area contributed by atoms with Gasteiger partial charge in [0.05, 0.1) is 17.4 Å². The predicted octanol–water partition coefficient (Wildman–Crippen LogP) is -0.00420. The fraction of sp³-hybridized carbons (Fsp3) is 0.700. The van der Waals surface area contributed by atoms with Gasteiger partial charge in [-0.25, -0.2) is 0 Å². The molecule has 0 fully saturated rings. The van der Waals surface area contributed by atoms with Crippen molar-refractivity contribution < 1.29 is 9.90 Å². The molecule has 0 aromatic heterocycles. The van der Waals surface area contributed by atoms with Crippen LogP contribution in [0.2, 0.25) is 0 Å². The summed E-state index contributed by atoms with van der Waals surface area (Å²) in [5.41, 5.74) is 5.22. The molecule has 0 aromatic carbocycles. The summed E-state index contributed by atoms with van der Waals surface area (Å²) in [7, 11) is 0. The van der Waals surface area contributed by atoms with E-state index in [9.17, 15) is 4.79 Å². The minimum absolute atomic E-state index is 0.0451. The molecule has 3 unspecified atom stereocenters. The summed E-state index contributed by atoms with van der Waals surface area (Å²) in [5.74, 6) is -0.188. The Kier molecular flexibility index (Phi) is 5.08. The lowest BCUT2D eigenvalue weighted by Crippen LogP contribution is -2.39. The highest BCUT2D eigenvalue weighted by atomic mass is 35.5. The van der Waals surface area contributed by atoms with Crippen LogP contribution in [0.3, 0.4) is 0 Å². The smallest absolute Gasteiger partial charge is 0.227 e. The molecule has 0 bridgehead atoms. The van der Waals surface area contributed by atoms with E-state index in [-0.39, 0.29) is 30.3 Å². The number of aliphatic hydroxyl groups excluding tert-OH is 1. The van der Waals surface area contributed by atoms with Crippen LogP contribution in [0.15, 0.2) is 12.2 Å². The van der Waals surface area contributed by atoms with Crippen LogP contribution in [0.1, 0.15) is 12.8 Å². The fourth-order valence-electron chi connectivity index (χ4n) is 1.44. The maximum absolute atomic E-state index is 11.6. The molecular weight excluding hydrogens is 216 g/mol. The lowest BCUT2D eigenvalue weighted by Gasteiger charge is -2.19. The third kappa shape index (κ3) is 4.20. The Hall–Kier alpha value is -0.580. The van der Waals surface area contributed by atoms with Gasteiger partial charge in [-0.15, -0.1) is 11.6 Å². The zero-order valence-corrected chi connectivity index (χ0v) is 9.28. The second kappa shape index (κ2) is 6.10. The average Bonchev–Trinajstić information content (AvgIpc) is 2.26. The number of allylic oxidation sites excluding steroid dienone is 1. The Balaban J connectivity index is 2.31. The van der Waals surface area contributed by atoms with Crippen molar-refractivity contribution in [3.8, 4) is 0 Å². The van der Waals surface area contributed by atoms with Crippen molar-refractivity contribution in [1.29, 1.82) is 0 Å². The van der Waals surface area contributed by atoms with Crippen LogP contribution in [0.5, 0.6) is 0 Å². The van der Waals surface area contributed by atoms with Gasteiger partial charge in [0.1, 0.15) is 0 Å². The van der Waals surface area contributed by atoms with Crippen LogP contribution in [-0.2, 0) is 4.79 Å². The van der Waals surface area contributed by atoms with Crippen molar-refractivity contribution >= 4 is 17.5 Å². The molecule has 15 heavy (non-hydrogen) atoms. The highest BCUT2D eigenvalue weighted by Crippen LogP contribution is 2.21. The molecule has 0 radical (unpaired) electrons. The van der Waals surface area contributed by atoms with Gasteiger partial charge in [-0.05, 0) is 12.8 Å². The number of nitrogens with one attached hydrogen (secondary N) is 1. The Morgan fingerprint density at radius 2 is 2.33 bits per heavy atom. The van der Waals surface area contributed by atoms with E-state index in [2.05, 4.69) is 5.32 Å². The van der Waals surface area contributed by atoms with Gasteiger partial charge >= 0.3 is 0 Å². The fourth-order valence-corrected chi connectivity index (χ4v) is 1.65. The van der Waals surface area contributed by atoms with Gasteiger partial charge in [0, 0.05) is 13.1 Å². The maximum atomic E-state index is 11.6. The molecule has 1 aliphatic rings. The summed E-state index contributed by atoms with van der Waals surface area (Å²) in [6.45, 7) is 0.370. The largest absolute Gasteiger partial charge is 0.390 e. The van der Waals surface area contributed by atoms with Crippen LogP contribution >= 0.6 is 11.6 Å². The molecule has 4 N–H and O–H groups in total. The van der Waals surface area contributed by atoms with Crippen molar-refractivity contribution in [3.63, 3.8) is 0 Å². The van der Waals surface area contributed by atoms with Crippen molar-refractivity contribution in [2.24, 2.45) is 11.7 Å². The molecule has 0 saturated carbocycles. The van der Waals surface area contributed by atoms with E-state index in [1.807, 2.05) is 12.2 Å². The molecule has 3 atom stereocenters. The van der Waals surface area contributed by atoms with E-state index in [1.165, 1.54) is 0 Å². The number of hydrogen-bond acceptors (Lipinski definition) is 3. The van der Waals surface area contributed by atoms with Crippen LogP contribution in [0.25, 0.3) is 0 Å². The summed E-state index contributed by atoms with van der Waals surface area (Å²) in [6.07, 6.45) is 4.58. The molecule has 4 nitrogen and oxygen atoms in total. The molecule has 1 rings (SSSR count). The summed E-state index contributed by atoms with van der Waals surface area (Å²) >= 11 is 5.86. The second-order valence-corrected chi connectivity index (χ2v) is 4.28. The zero-order chi connectivity index (χ0) is 11.3. The van der Waals surface area contributed by atoms with Gasteiger partial charge in [0.2, 0.25) is 5.91 Å². The predicted molar refractivity (Wildman–Crippen MR) is 59.6 cm³/mol. The van der Waals surface area contributed by atoms with Crippen LogP contribution in [-0.4, -0.2) is 35.6 Å². The summed E-state index contributed by atoms with van der Waals surface area (Å²) in [4.78, 5) is 11.6. The van der Waals surface area contributed by atoms with E-state index >= 15 is 0 Å². The molecule has 1 amide bonds. The number of halogens is 1. The van der Waals surface area contributed by atoms with Gasteiger partial charge in [-0.3, -0.25) is 4.79 Å². The third-order valence-corrected chi connectivity index (χ3v) is 2.79. The van der Waals surface area contributed by atoms with Crippen molar-refractivity contribution in [2.75, 3.05) is 13.1 Å². The van der Waals surface area contributed by atoms with Crippen molar-refractivity contribution in [3.05, 3.63) is 12.2 Å². The molecule has 0 saturated heterocycles. The maximum Gasteiger partial charge on any atom is 0.227 e. The Morgan fingerprint density at radius 1 is 1.60 bits per heavy atom. The molecule has 0 aromatic rings. The van der Waals surface area contributed by atoms with Crippen LogP contribution in [0.4, 0.5) is 0 Å². The second-order valence-electron chi connectivity index (χ2n) is 3.72. The Bertz CT molecular complexity index is 246. The Labute approximate surface area is 94.5 Å². The number of aliphatic hydroxyl groups is 1. The lowest BCUT2D eigenvalue weighted by atomic mass is 9.95. The molecule has 1 aliphatic carbocycles. The number of rotatable bonds is 4. The van der Waals surface area contributed by atoms with E-state index < -0.39 is 6.10 Å². The highest BCUT2D eigenvalue weighted by Gasteiger charge is 2.20. The normalized spacial score (nSPS) is 27.4. The molecule has 0 heterocycles. The van der Waals surface area contributed by atoms with Gasteiger partial charge in [-0.1, -0.05) is 12.2 Å². The number of carbonyl (C=O) groups is 1. The SMILES string of the molecule is NCC(O)CNC(=O)C1C=CC(Cl)CC1. The van der Waals surface area contributed by atoms with Gasteiger partial charge in [-0.2, -0.15) is 0 Å². The first-order valence-electron chi connectivity index (χ1n) is 5.11. The van der Waals surface area contributed by atoms with Gasteiger partial charge < -0.3 is 16.2 Å². The minimum Gasteiger partial charge on any atom is -0.390 e. The number of amides is 1. The number of alkyl halides is 1. The third-order valence-electron chi connectivity index (χ3n) is 2.43. The number of nitrogens with two attached hydrogens (primary N) is 1. The first kappa shape index (κ1) is 12.5. The molecule has 0 spiro atoms. The number of hydrogen-bond donors (Lipinski definition) is 3. The number of carbonyl (C=O) groups excluding carboxylic acids is 1. The molecular formula is C10H17ClN2O2. The Morgan fingerprint density at radius 3 is 2.87 bits per heavy atom. The average molecular weight is 233 g/mol. The van der Waals surface area contributed by atoms with Crippen molar-refractivity contribution in [1.82, 2.24) is 5.32 Å². The lowest BCUT2D eigenvalue weighted by molar-refractivity contribution is -0.124. The standard InChI is InChI=1S/C10H17ClN2O2/c11-8-3-1-7(2-4-8)10(15)13-6-9(14)5-12/h1,3,7-9,14H,2,4-6,12H2,(H,13,15). The van der Waals surface area contributed by atoms with E-state index in [0.29, 0.717) is 0 Å². The van der Waals surface area contributed by atoms with Crippen LogP contribution < -0.4 is 11.1 Å². The monoisotopic (exact) mass is 232 g/mol. The van der Waals surface area contributed by atoms with Gasteiger partial charge in [0.15, 0.2) is 0 Å². The summed E-state index contributed by atoms with van der Waals surface area (Å²) < 4.78 is 0. The highest BCUT2D eigenvalue weighted by molar-refractivity contribution is 6.21. The first-order valence-corrected chi connectivity index (χ1v) is 5.55. The zero-order valence-electron chi connectivity index (χ0n) is 8.53. The van der Waals surface area contributed by atoms with E-state index in [4.69, 9.17) is 22.4 Å². The van der Waals surface area contributed by atoms with E-state index in [1.54, 1.807) is 0 Å².